The Morgan fingerprint density at radius 3 is 3.09 bits per heavy atom. The molecule has 0 saturated heterocycles. The molecule has 1 aliphatic heterocycles. The molecular formula is C18H19BN3O+. The van der Waals surface area contributed by atoms with Crippen LogP contribution in [0.4, 0.5) is 5.69 Å². The highest BCUT2D eigenvalue weighted by Crippen LogP contribution is 2.35. The number of nitrogens with zero attached hydrogens (tertiary/aromatic N) is 3. The molecule has 5 heteroatoms. The third kappa shape index (κ3) is 2.07. The SMILES string of the molecule is [2H]C([2H])([2H])c1c[n+](C)c(B2C=Cc3oc4ncccc4c3N2C)cc1C. The molecule has 0 atom stereocenters. The summed E-state index contributed by atoms with van der Waals surface area (Å²) in [4.78, 5) is 6.44. The van der Waals surface area contributed by atoms with Crippen molar-refractivity contribution >= 4 is 35.3 Å². The molecule has 23 heavy (non-hydrogen) atoms. The lowest BCUT2D eigenvalue weighted by atomic mass is 9.55. The molecule has 0 aliphatic carbocycles. The number of fused-ring (bicyclic) bond motifs is 3. The first kappa shape index (κ1) is 11.1. The minimum atomic E-state index is -2.12. The number of aryl methyl sites for hydroxylation is 3. The average Bonchev–Trinajstić information content (AvgIpc) is 2.95. The molecule has 0 fully saturated rings. The molecule has 0 spiro atoms. The number of hydrogen-bond donors (Lipinski definition) is 0. The first-order valence-corrected chi connectivity index (χ1v) is 7.56. The summed E-state index contributed by atoms with van der Waals surface area (Å²) in [5, 5.41) is 0.970. The standard InChI is InChI=1S/C18H19BN3O/c1-12-10-16(21(3)11-13(12)2)19-8-7-15-17(22(19)4)14-6-5-9-20-18(14)23-15/h5-11H,1-4H3/q+1/i2D3. The number of aromatic nitrogens is 2. The van der Waals surface area contributed by atoms with Gasteiger partial charge in [-0.05, 0) is 44.6 Å². The molecule has 0 radical (unpaired) electrons. The molecule has 114 valence electrons. The Morgan fingerprint density at radius 1 is 1.39 bits per heavy atom. The van der Waals surface area contributed by atoms with E-state index in [9.17, 15) is 0 Å². The second kappa shape index (κ2) is 4.98. The summed E-state index contributed by atoms with van der Waals surface area (Å²) in [6.07, 6.45) is 5.40. The maximum Gasteiger partial charge on any atom is 0.396 e. The van der Waals surface area contributed by atoms with E-state index >= 15 is 0 Å². The van der Waals surface area contributed by atoms with Crippen LogP contribution in [0.3, 0.4) is 0 Å². The molecule has 4 heterocycles. The van der Waals surface area contributed by atoms with E-state index in [1.165, 1.54) is 0 Å². The Balaban J connectivity index is 1.82. The van der Waals surface area contributed by atoms with Gasteiger partial charge in [0, 0.05) is 21.9 Å². The smallest absolute Gasteiger partial charge is 0.396 e. The third-order valence-corrected chi connectivity index (χ3v) is 4.49. The zero-order valence-electron chi connectivity index (χ0n) is 16.4. The minimum Gasteiger partial charge on any atom is -0.436 e. The zero-order chi connectivity index (χ0) is 18.6. The number of hydrogen-bond acceptors (Lipinski definition) is 3. The van der Waals surface area contributed by atoms with Gasteiger partial charge in [0.15, 0.2) is 17.6 Å². The van der Waals surface area contributed by atoms with Crippen LogP contribution in [-0.4, -0.2) is 18.9 Å². The number of furan rings is 1. The van der Waals surface area contributed by atoms with Gasteiger partial charge in [-0.2, -0.15) is 0 Å². The van der Waals surface area contributed by atoms with Crippen molar-refractivity contribution in [1.29, 1.82) is 0 Å². The van der Waals surface area contributed by atoms with Crippen LogP contribution >= 0.6 is 0 Å². The van der Waals surface area contributed by atoms with Crippen LogP contribution in [0.5, 0.6) is 0 Å². The van der Waals surface area contributed by atoms with Crippen LogP contribution in [0.15, 0.2) is 41.0 Å². The fourth-order valence-corrected chi connectivity index (χ4v) is 3.22. The van der Waals surface area contributed by atoms with E-state index in [2.05, 4.69) is 15.8 Å². The first-order valence-electron chi connectivity index (χ1n) is 9.06. The predicted molar refractivity (Wildman–Crippen MR) is 93.9 cm³/mol. The van der Waals surface area contributed by atoms with Crippen molar-refractivity contribution in [3.63, 3.8) is 0 Å². The van der Waals surface area contributed by atoms with Crippen LogP contribution in [0.25, 0.3) is 17.2 Å². The highest BCUT2D eigenvalue weighted by Gasteiger charge is 2.35. The Morgan fingerprint density at radius 2 is 2.26 bits per heavy atom. The van der Waals surface area contributed by atoms with Gasteiger partial charge in [0.25, 0.3) is 0 Å². The normalized spacial score (nSPS) is 16.2. The van der Waals surface area contributed by atoms with E-state index < -0.39 is 6.85 Å². The molecule has 0 bridgehead atoms. The second-order valence-corrected chi connectivity index (χ2v) is 5.99. The lowest BCUT2D eigenvalue weighted by molar-refractivity contribution is -0.654. The first-order chi connectivity index (χ1) is 12.3. The molecule has 0 aromatic carbocycles. The average molecular weight is 307 g/mol. The van der Waals surface area contributed by atoms with E-state index in [-0.39, 0.29) is 6.85 Å². The van der Waals surface area contributed by atoms with Gasteiger partial charge in [-0.1, -0.05) is 5.98 Å². The van der Waals surface area contributed by atoms with Gasteiger partial charge in [-0.25, -0.2) is 9.55 Å². The van der Waals surface area contributed by atoms with E-state index in [1.54, 1.807) is 12.4 Å². The van der Waals surface area contributed by atoms with Gasteiger partial charge in [-0.15, -0.1) is 0 Å². The van der Waals surface area contributed by atoms with Gasteiger partial charge in [0.1, 0.15) is 7.05 Å². The van der Waals surface area contributed by atoms with Gasteiger partial charge in [0.2, 0.25) is 5.71 Å². The highest BCUT2D eigenvalue weighted by atomic mass is 16.3. The van der Waals surface area contributed by atoms with Gasteiger partial charge in [0.05, 0.1) is 11.1 Å². The van der Waals surface area contributed by atoms with Crippen LogP contribution in [0.2, 0.25) is 0 Å². The van der Waals surface area contributed by atoms with E-state index in [4.69, 9.17) is 8.53 Å². The number of pyridine rings is 2. The van der Waals surface area contributed by atoms with Gasteiger partial charge in [-0.3, -0.25) is 0 Å². The summed E-state index contributed by atoms with van der Waals surface area (Å²) in [6.45, 7) is -0.299. The van der Waals surface area contributed by atoms with Gasteiger partial charge < -0.3 is 9.23 Å². The second-order valence-electron chi connectivity index (χ2n) is 5.99. The van der Waals surface area contributed by atoms with Crippen LogP contribution in [0.1, 0.15) is 21.0 Å². The van der Waals surface area contributed by atoms with Crippen LogP contribution in [-0.2, 0) is 7.05 Å². The highest BCUT2D eigenvalue weighted by molar-refractivity contribution is 6.81. The van der Waals surface area contributed by atoms with E-state index in [0.29, 0.717) is 11.3 Å². The Labute approximate surface area is 140 Å². The maximum atomic E-state index is 7.71. The van der Waals surface area contributed by atoms with Crippen molar-refractivity contribution in [3.05, 3.63) is 53.5 Å². The predicted octanol–water partition coefficient (Wildman–Crippen LogP) is 2.17. The fourth-order valence-electron chi connectivity index (χ4n) is 3.22. The molecule has 4 rings (SSSR count). The van der Waals surface area contributed by atoms with Crippen molar-refractivity contribution in [3.8, 4) is 0 Å². The monoisotopic (exact) mass is 307 g/mol. The lowest BCUT2D eigenvalue weighted by Crippen LogP contribution is -2.60. The fraction of sp³-hybridized carbons (Fsp3) is 0.222. The molecule has 0 saturated carbocycles. The summed E-state index contributed by atoms with van der Waals surface area (Å²) >= 11 is 0. The number of rotatable bonds is 1. The quantitative estimate of drug-likeness (QED) is 0.510. The molecule has 0 amide bonds. The molecular weight excluding hydrogens is 285 g/mol. The maximum absolute atomic E-state index is 7.71. The van der Waals surface area contributed by atoms with Crippen molar-refractivity contribution in [2.75, 3.05) is 11.9 Å². The Kier molecular flexibility index (Phi) is 2.39. The summed E-state index contributed by atoms with van der Waals surface area (Å²) in [5.41, 5.74) is 3.78. The van der Waals surface area contributed by atoms with Crippen LogP contribution < -0.4 is 15.0 Å². The lowest BCUT2D eigenvalue weighted by Gasteiger charge is -2.26. The zero-order valence-corrected chi connectivity index (χ0v) is 13.4. The Bertz CT molecular complexity index is 1040. The van der Waals surface area contributed by atoms with Crippen molar-refractivity contribution in [2.45, 2.75) is 13.8 Å². The largest absolute Gasteiger partial charge is 0.436 e. The summed E-state index contributed by atoms with van der Waals surface area (Å²) in [5.74, 6) is 2.85. The Hall–Kier alpha value is -2.56. The molecule has 1 aliphatic rings. The third-order valence-electron chi connectivity index (χ3n) is 4.49. The summed E-state index contributed by atoms with van der Waals surface area (Å²) in [7, 11) is 3.90. The van der Waals surface area contributed by atoms with Crippen molar-refractivity contribution in [1.82, 2.24) is 4.98 Å². The summed E-state index contributed by atoms with van der Waals surface area (Å²) < 4.78 is 30.9. The molecule has 0 unspecified atom stereocenters. The van der Waals surface area contributed by atoms with Crippen LogP contribution in [0, 0.1) is 13.8 Å². The van der Waals surface area contributed by atoms with Crippen molar-refractivity contribution in [2.24, 2.45) is 7.05 Å². The topological polar surface area (TPSA) is 33.1 Å². The van der Waals surface area contributed by atoms with Gasteiger partial charge >= 0.3 is 6.85 Å². The van der Waals surface area contributed by atoms with E-state index in [1.807, 2.05) is 49.9 Å². The minimum absolute atomic E-state index is 0.0298. The van der Waals surface area contributed by atoms with Crippen molar-refractivity contribution < 1.29 is 13.1 Å². The molecule has 0 N–H and O–H groups in total. The summed E-state index contributed by atoms with van der Waals surface area (Å²) in [6, 6.07) is 5.85. The molecule has 3 aromatic heterocycles. The number of anilines is 1. The van der Waals surface area contributed by atoms with E-state index in [0.717, 1.165) is 28.0 Å². The molecule has 3 aromatic rings. The molecule has 4 nitrogen and oxygen atoms in total.